The third-order valence-electron chi connectivity index (χ3n) is 2.89. The van der Waals surface area contributed by atoms with Crippen molar-refractivity contribution in [2.45, 2.75) is 18.9 Å². The summed E-state index contributed by atoms with van der Waals surface area (Å²) in [5.74, 6) is 0.320. The van der Waals surface area contributed by atoms with Gasteiger partial charge in [-0.25, -0.2) is 0 Å². The molecule has 0 spiro atoms. The predicted molar refractivity (Wildman–Crippen MR) is 69.0 cm³/mol. The minimum atomic E-state index is -1.06. The van der Waals surface area contributed by atoms with Gasteiger partial charge in [-0.15, -0.1) is 0 Å². The molecule has 2 aromatic rings. The summed E-state index contributed by atoms with van der Waals surface area (Å²) in [5, 5.41) is 6.44. The molecule has 1 atom stereocenters. The van der Waals surface area contributed by atoms with Gasteiger partial charge in [-0.1, -0.05) is 35.5 Å². The number of amides is 1. The molecule has 2 rings (SSSR count). The molecule has 0 saturated carbocycles. The van der Waals surface area contributed by atoms with Crippen LogP contribution >= 0.6 is 0 Å². The van der Waals surface area contributed by atoms with E-state index in [-0.39, 0.29) is 5.91 Å². The number of nitrogens with two attached hydrogens (primary N) is 1. The third kappa shape index (κ3) is 3.17. The van der Waals surface area contributed by atoms with Crippen LogP contribution in [0.1, 0.15) is 18.3 Å². The first-order valence-electron chi connectivity index (χ1n) is 5.98. The van der Waals surface area contributed by atoms with E-state index in [4.69, 9.17) is 5.73 Å². The summed E-state index contributed by atoms with van der Waals surface area (Å²) in [7, 11) is 0. The molecule has 19 heavy (non-hydrogen) atoms. The van der Waals surface area contributed by atoms with Crippen molar-refractivity contribution in [3.8, 4) is 0 Å². The number of nitrogens with zero attached hydrogens (tertiary/aromatic N) is 2. The monoisotopic (exact) mass is 260 g/mol. The second-order valence-corrected chi connectivity index (χ2v) is 4.42. The van der Waals surface area contributed by atoms with Gasteiger partial charge in [0, 0.05) is 13.0 Å². The Morgan fingerprint density at radius 3 is 2.79 bits per heavy atom. The van der Waals surface area contributed by atoms with Crippen molar-refractivity contribution in [1.29, 1.82) is 0 Å². The molecule has 0 aliphatic rings. The van der Waals surface area contributed by atoms with E-state index in [1.165, 1.54) is 6.39 Å². The molecule has 1 aromatic carbocycles. The summed E-state index contributed by atoms with van der Waals surface area (Å²) < 4.78 is 4.61. The number of nitrogens with one attached hydrogen (secondary N) is 1. The second-order valence-electron chi connectivity index (χ2n) is 4.42. The van der Waals surface area contributed by atoms with Gasteiger partial charge in [0.15, 0.2) is 5.82 Å². The highest BCUT2D eigenvalue weighted by molar-refractivity contribution is 5.86. The molecule has 1 amide bonds. The minimum absolute atomic E-state index is 0.234. The lowest BCUT2D eigenvalue weighted by molar-refractivity contribution is -0.126. The Labute approximate surface area is 111 Å². The van der Waals surface area contributed by atoms with E-state index in [0.717, 1.165) is 5.56 Å². The maximum Gasteiger partial charge on any atom is 0.244 e. The van der Waals surface area contributed by atoms with Crippen molar-refractivity contribution in [3.63, 3.8) is 0 Å². The van der Waals surface area contributed by atoms with Crippen molar-refractivity contribution >= 4 is 5.91 Å². The maximum absolute atomic E-state index is 12.1. The summed E-state index contributed by atoms with van der Waals surface area (Å²) in [6, 6.07) is 9.26. The fourth-order valence-electron chi connectivity index (χ4n) is 1.69. The van der Waals surface area contributed by atoms with Gasteiger partial charge in [0.05, 0.1) is 0 Å². The molecular formula is C13H16N4O2. The molecule has 0 saturated heterocycles. The Bertz CT molecular complexity index is 523. The van der Waals surface area contributed by atoms with Gasteiger partial charge >= 0.3 is 0 Å². The van der Waals surface area contributed by atoms with Crippen LogP contribution in [-0.2, 0) is 16.8 Å². The van der Waals surface area contributed by atoms with Crippen LogP contribution in [0, 0.1) is 0 Å². The largest absolute Gasteiger partial charge is 0.354 e. The van der Waals surface area contributed by atoms with Crippen molar-refractivity contribution < 1.29 is 9.32 Å². The maximum atomic E-state index is 12.1. The fourth-order valence-corrected chi connectivity index (χ4v) is 1.69. The van der Waals surface area contributed by atoms with Crippen LogP contribution in [0.25, 0.3) is 0 Å². The fraction of sp³-hybridized carbons (Fsp3) is 0.308. The number of hydrogen-bond acceptors (Lipinski definition) is 5. The van der Waals surface area contributed by atoms with Crippen LogP contribution in [0.3, 0.4) is 0 Å². The van der Waals surface area contributed by atoms with Crippen LogP contribution in [0.2, 0.25) is 0 Å². The Morgan fingerprint density at radius 2 is 2.16 bits per heavy atom. The SMILES string of the molecule is CC(N)(C(=O)NCCc1ncon1)c1ccccc1. The summed E-state index contributed by atoms with van der Waals surface area (Å²) in [4.78, 5) is 16.0. The summed E-state index contributed by atoms with van der Waals surface area (Å²) >= 11 is 0. The predicted octanol–water partition coefficient (Wildman–Crippen LogP) is 0.602. The van der Waals surface area contributed by atoms with E-state index in [1.807, 2.05) is 30.3 Å². The van der Waals surface area contributed by atoms with E-state index in [0.29, 0.717) is 18.8 Å². The number of rotatable bonds is 5. The Hall–Kier alpha value is -2.21. The quantitative estimate of drug-likeness (QED) is 0.821. The molecule has 0 fully saturated rings. The van der Waals surface area contributed by atoms with E-state index in [1.54, 1.807) is 6.92 Å². The molecule has 0 aliphatic heterocycles. The van der Waals surface area contributed by atoms with Gasteiger partial charge in [0.1, 0.15) is 5.54 Å². The number of carbonyl (C=O) groups excluding carboxylic acids is 1. The Morgan fingerprint density at radius 1 is 1.42 bits per heavy atom. The second kappa shape index (κ2) is 5.62. The first kappa shape index (κ1) is 13.2. The molecule has 1 aromatic heterocycles. The zero-order valence-corrected chi connectivity index (χ0v) is 10.7. The van der Waals surface area contributed by atoms with Crippen molar-refractivity contribution in [3.05, 3.63) is 48.1 Å². The molecule has 1 heterocycles. The molecule has 1 unspecified atom stereocenters. The topological polar surface area (TPSA) is 94.0 Å². The number of hydrogen-bond donors (Lipinski definition) is 2. The molecule has 100 valence electrons. The summed E-state index contributed by atoms with van der Waals surface area (Å²) in [5.41, 5.74) is 5.79. The lowest BCUT2D eigenvalue weighted by atomic mass is 9.92. The van der Waals surface area contributed by atoms with Gasteiger partial charge in [-0.3, -0.25) is 4.79 Å². The van der Waals surface area contributed by atoms with E-state index in [9.17, 15) is 4.79 Å². The first-order chi connectivity index (χ1) is 9.10. The highest BCUT2D eigenvalue weighted by atomic mass is 16.5. The third-order valence-corrected chi connectivity index (χ3v) is 2.89. The van der Waals surface area contributed by atoms with Crippen LogP contribution in [-0.4, -0.2) is 22.6 Å². The van der Waals surface area contributed by atoms with E-state index < -0.39 is 5.54 Å². The highest BCUT2D eigenvalue weighted by Gasteiger charge is 2.29. The van der Waals surface area contributed by atoms with Gasteiger partial charge in [-0.2, -0.15) is 4.98 Å². The zero-order valence-electron chi connectivity index (χ0n) is 10.7. The number of aromatic nitrogens is 2. The first-order valence-corrected chi connectivity index (χ1v) is 5.98. The standard InChI is InChI=1S/C13H16N4O2/c1-13(14,10-5-3-2-4-6-10)12(18)15-8-7-11-16-9-19-17-11/h2-6,9H,7-8,14H2,1H3,(H,15,18). The minimum Gasteiger partial charge on any atom is -0.354 e. The summed E-state index contributed by atoms with van der Waals surface area (Å²) in [6.07, 6.45) is 1.77. The lowest BCUT2D eigenvalue weighted by Crippen LogP contribution is -2.49. The Balaban J connectivity index is 1.92. The van der Waals surface area contributed by atoms with Crippen LogP contribution in [0.5, 0.6) is 0 Å². The van der Waals surface area contributed by atoms with Crippen LogP contribution in [0.4, 0.5) is 0 Å². The molecule has 0 aliphatic carbocycles. The number of carbonyl (C=O) groups is 1. The van der Waals surface area contributed by atoms with Crippen molar-refractivity contribution in [2.24, 2.45) is 5.73 Å². The highest BCUT2D eigenvalue weighted by Crippen LogP contribution is 2.17. The molecule has 6 heteroatoms. The lowest BCUT2D eigenvalue weighted by Gasteiger charge is -2.23. The van der Waals surface area contributed by atoms with Crippen LogP contribution in [0.15, 0.2) is 41.2 Å². The molecular weight excluding hydrogens is 244 g/mol. The van der Waals surface area contributed by atoms with E-state index in [2.05, 4.69) is 20.0 Å². The molecule has 0 bridgehead atoms. The Kier molecular flexibility index (Phi) is 3.91. The van der Waals surface area contributed by atoms with Crippen molar-refractivity contribution in [1.82, 2.24) is 15.5 Å². The smallest absolute Gasteiger partial charge is 0.244 e. The average molecular weight is 260 g/mol. The van der Waals surface area contributed by atoms with Crippen LogP contribution < -0.4 is 11.1 Å². The molecule has 3 N–H and O–H groups in total. The van der Waals surface area contributed by atoms with Crippen molar-refractivity contribution in [2.75, 3.05) is 6.54 Å². The molecule has 0 radical (unpaired) electrons. The normalized spacial score (nSPS) is 13.8. The van der Waals surface area contributed by atoms with Gasteiger partial charge in [-0.05, 0) is 12.5 Å². The zero-order chi connectivity index (χ0) is 13.7. The van der Waals surface area contributed by atoms with Gasteiger partial charge in [0.25, 0.3) is 0 Å². The summed E-state index contributed by atoms with van der Waals surface area (Å²) in [6.45, 7) is 2.10. The average Bonchev–Trinajstić information content (AvgIpc) is 2.93. The van der Waals surface area contributed by atoms with E-state index >= 15 is 0 Å². The molecule has 6 nitrogen and oxygen atoms in total. The van der Waals surface area contributed by atoms with Gasteiger partial charge in [0.2, 0.25) is 12.3 Å². The van der Waals surface area contributed by atoms with Gasteiger partial charge < -0.3 is 15.6 Å². The number of benzene rings is 1.